The number of halogens is 1. The van der Waals surface area contributed by atoms with Gasteiger partial charge in [-0.3, -0.25) is 0 Å². The molecule has 4 heteroatoms. The van der Waals surface area contributed by atoms with E-state index in [1.807, 2.05) is 11.3 Å². The Labute approximate surface area is 104 Å². The molecule has 2 unspecified atom stereocenters. The van der Waals surface area contributed by atoms with E-state index < -0.39 is 0 Å². The molecule has 2 rings (SSSR count). The first-order valence-electron chi connectivity index (χ1n) is 5.47. The number of piperidine rings is 1. The minimum atomic E-state index is 0.460. The Balaban J connectivity index is 2.08. The number of nitrogens with one attached hydrogen (secondary N) is 2. The van der Waals surface area contributed by atoms with Crippen LogP contribution in [0.15, 0.2) is 15.9 Å². The van der Waals surface area contributed by atoms with Gasteiger partial charge in [-0.1, -0.05) is 6.42 Å². The van der Waals surface area contributed by atoms with Crippen molar-refractivity contribution in [2.24, 2.45) is 0 Å². The lowest BCUT2D eigenvalue weighted by Crippen LogP contribution is -2.43. The van der Waals surface area contributed by atoms with Crippen LogP contribution in [-0.4, -0.2) is 19.6 Å². The first-order chi connectivity index (χ1) is 7.31. The van der Waals surface area contributed by atoms with Gasteiger partial charge >= 0.3 is 0 Å². The fourth-order valence-electron chi connectivity index (χ4n) is 2.20. The van der Waals surface area contributed by atoms with Gasteiger partial charge in [0.05, 0.1) is 9.83 Å². The van der Waals surface area contributed by atoms with Gasteiger partial charge in [0.2, 0.25) is 0 Å². The first kappa shape index (κ1) is 11.6. The van der Waals surface area contributed by atoms with E-state index in [0.717, 1.165) is 6.54 Å². The molecule has 0 aromatic carbocycles. The van der Waals surface area contributed by atoms with E-state index in [2.05, 4.69) is 45.7 Å². The zero-order chi connectivity index (χ0) is 10.7. The summed E-state index contributed by atoms with van der Waals surface area (Å²) in [6, 6.07) is 5.40. The first-order valence-corrected chi connectivity index (χ1v) is 7.08. The summed E-state index contributed by atoms with van der Waals surface area (Å²) >= 11 is 5.35. The van der Waals surface area contributed by atoms with Crippen molar-refractivity contribution in [2.45, 2.75) is 31.3 Å². The second-order valence-corrected chi connectivity index (χ2v) is 6.46. The second-order valence-electron chi connectivity index (χ2n) is 3.96. The predicted molar refractivity (Wildman–Crippen MR) is 69.5 cm³/mol. The molecule has 2 heterocycles. The molecule has 0 amide bonds. The maximum Gasteiger partial charge on any atom is 0.0702 e. The third-order valence-corrected chi connectivity index (χ3v) is 4.67. The SMILES string of the molecule is CNC(c1ccc(Br)s1)C1CCCCN1. The number of hydrogen-bond donors (Lipinski definition) is 2. The molecule has 15 heavy (non-hydrogen) atoms. The minimum Gasteiger partial charge on any atom is -0.312 e. The van der Waals surface area contributed by atoms with Crippen molar-refractivity contribution >= 4 is 27.3 Å². The highest BCUT2D eigenvalue weighted by Crippen LogP contribution is 2.30. The van der Waals surface area contributed by atoms with E-state index in [0.29, 0.717) is 12.1 Å². The van der Waals surface area contributed by atoms with Gasteiger partial charge in [-0.25, -0.2) is 0 Å². The summed E-state index contributed by atoms with van der Waals surface area (Å²) in [4.78, 5) is 1.42. The van der Waals surface area contributed by atoms with Gasteiger partial charge in [0.25, 0.3) is 0 Å². The Morgan fingerprint density at radius 2 is 2.40 bits per heavy atom. The van der Waals surface area contributed by atoms with E-state index in [4.69, 9.17) is 0 Å². The third-order valence-electron chi connectivity index (χ3n) is 2.96. The molecule has 2 N–H and O–H groups in total. The Morgan fingerprint density at radius 1 is 1.53 bits per heavy atom. The molecule has 1 aromatic rings. The summed E-state index contributed by atoms with van der Waals surface area (Å²) in [5.41, 5.74) is 0. The van der Waals surface area contributed by atoms with E-state index >= 15 is 0 Å². The third kappa shape index (κ3) is 2.81. The predicted octanol–water partition coefficient (Wildman–Crippen LogP) is 2.91. The van der Waals surface area contributed by atoms with Crippen molar-refractivity contribution in [3.05, 3.63) is 20.8 Å². The summed E-state index contributed by atoms with van der Waals surface area (Å²) in [6.45, 7) is 1.16. The molecule has 0 spiro atoms. The molecule has 1 aliphatic rings. The zero-order valence-corrected chi connectivity index (χ0v) is 11.3. The van der Waals surface area contributed by atoms with Gasteiger partial charge in [0.15, 0.2) is 0 Å². The van der Waals surface area contributed by atoms with Crippen LogP contribution >= 0.6 is 27.3 Å². The summed E-state index contributed by atoms with van der Waals surface area (Å²) in [7, 11) is 2.05. The van der Waals surface area contributed by atoms with E-state index in [-0.39, 0.29) is 0 Å². The zero-order valence-electron chi connectivity index (χ0n) is 8.92. The average molecular weight is 289 g/mol. The highest BCUT2D eigenvalue weighted by Gasteiger charge is 2.24. The molecule has 0 saturated carbocycles. The normalized spacial score (nSPS) is 24.0. The van der Waals surface area contributed by atoms with Crippen LogP contribution in [0.4, 0.5) is 0 Å². The van der Waals surface area contributed by atoms with Gasteiger partial charge in [0.1, 0.15) is 0 Å². The van der Waals surface area contributed by atoms with Gasteiger partial charge in [-0.15, -0.1) is 11.3 Å². The molecule has 1 fully saturated rings. The van der Waals surface area contributed by atoms with Crippen molar-refractivity contribution in [3.8, 4) is 0 Å². The summed E-state index contributed by atoms with van der Waals surface area (Å²) in [6.07, 6.45) is 3.95. The van der Waals surface area contributed by atoms with Crippen LogP contribution in [0, 0.1) is 0 Å². The van der Waals surface area contributed by atoms with Gasteiger partial charge < -0.3 is 10.6 Å². The lowest BCUT2D eigenvalue weighted by atomic mass is 9.97. The number of hydrogen-bond acceptors (Lipinski definition) is 3. The Hall–Kier alpha value is 0.1000. The lowest BCUT2D eigenvalue weighted by Gasteiger charge is -2.30. The number of thiophene rings is 1. The van der Waals surface area contributed by atoms with Crippen LogP contribution < -0.4 is 10.6 Å². The monoisotopic (exact) mass is 288 g/mol. The van der Waals surface area contributed by atoms with Crippen molar-refractivity contribution < 1.29 is 0 Å². The maximum atomic E-state index is 3.61. The van der Waals surface area contributed by atoms with Crippen molar-refractivity contribution in [2.75, 3.05) is 13.6 Å². The quantitative estimate of drug-likeness (QED) is 0.894. The summed E-state index contributed by atoms with van der Waals surface area (Å²) < 4.78 is 1.22. The van der Waals surface area contributed by atoms with E-state index in [1.165, 1.54) is 27.9 Å². The fraction of sp³-hybridized carbons (Fsp3) is 0.636. The van der Waals surface area contributed by atoms with Crippen LogP contribution in [0.5, 0.6) is 0 Å². The van der Waals surface area contributed by atoms with Gasteiger partial charge in [0, 0.05) is 10.9 Å². The van der Waals surface area contributed by atoms with E-state index in [1.54, 1.807) is 0 Å². The fourth-order valence-corrected chi connectivity index (χ4v) is 3.80. The summed E-state index contributed by atoms with van der Waals surface area (Å²) in [5.74, 6) is 0. The highest BCUT2D eigenvalue weighted by molar-refractivity contribution is 9.11. The standard InChI is InChI=1S/C11H17BrN2S/c1-13-11(8-4-2-3-7-14-8)9-5-6-10(12)15-9/h5-6,8,11,13-14H,2-4,7H2,1H3. The van der Waals surface area contributed by atoms with Crippen molar-refractivity contribution in [1.82, 2.24) is 10.6 Å². The topological polar surface area (TPSA) is 24.1 Å². The molecule has 1 aliphatic heterocycles. The molecule has 84 valence electrons. The lowest BCUT2D eigenvalue weighted by molar-refractivity contribution is 0.329. The second kappa shape index (κ2) is 5.43. The van der Waals surface area contributed by atoms with Crippen LogP contribution in [0.25, 0.3) is 0 Å². The largest absolute Gasteiger partial charge is 0.312 e. The van der Waals surface area contributed by atoms with Crippen LogP contribution in [-0.2, 0) is 0 Å². The van der Waals surface area contributed by atoms with Gasteiger partial charge in [-0.05, 0) is 54.5 Å². The maximum absolute atomic E-state index is 3.61. The van der Waals surface area contributed by atoms with E-state index in [9.17, 15) is 0 Å². The molecule has 1 aromatic heterocycles. The minimum absolute atomic E-state index is 0.460. The molecular weight excluding hydrogens is 272 g/mol. The molecular formula is C11H17BrN2S. The molecule has 2 atom stereocenters. The van der Waals surface area contributed by atoms with Crippen LogP contribution in [0.1, 0.15) is 30.2 Å². The van der Waals surface area contributed by atoms with Gasteiger partial charge in [-0.2, -0.15) is 0 Å². The summed E-state index contributed by atoms with van der Waals surface area (Å²) in [5, 5.41) is 7.04. The average Bonchev–Trinajstić information content (AvgIpc) is 2.68. The Morgan fingerprint density at radius 3 is 2.93 bits per heavy atom. The smallest absolute Gasteiger partial charge is 0.0702 e. The molecule has 0 bridgehead atoms. The number of rotatable bonds is 3. The Bertz CT molecular complexity index is 307. The highest BCUT2D eigenvalue weighted by atomic mass is 79.9. The molecule has 0 radical (unpaired) electrons. The Kier molecular flexibility index (Phi) is 4.20. The number of likely N-dealkylation sites (N-methyl/N-ethyl adjacent to an activating group) is 1. The molecule has 0 aliphatic carbocycles. The van der Waals surface area contributed by atoms with Crippen molar-refractivity contribution in [3.63, 3.8) is 0 Å². The van der Waals surface area contributed by atoms with Crippen LogP contribution in [0.3, 0.4) is 0 Å². The van der Waals surface area contributed by atoms with Crippen LogP contribution in [0.2, 0.25) is 0 Å². The van der Waals surface area contributed by atoms with Crippen molar-refractivity contribution in [1.29, 1.82) is 0 Å². The molecule has 1 saturated heterocycles. The molecule has 2 nitrogen and oxygen atoms in total.